The van der Waals surface area contributed by atoms with Crippen molar-refractivity contribution in [2.75, 3.05) is 0 Å². The first-order valence-electron chi connectivity index (χ1n) is 3.50. The van der Waals surface area contributed by atoms with Crippen molar-refractivity contribution in [3.05, 3.63) is 34.3 Å². The van der Waals surface area contributed by atoms with Crippen LogP contribution in [0.1, 0.15) is 22.8 Å². The van der Waals surface area contributed by atoms with Gasteiger partial charge in [0.25, 0.3) is 0 Å². The molecule has 64 valence electrons. The molecule has 3 heteroatoms. The molecular formula is C9H8ClIO. The van der Waals surface area contributed by atoms with Gasteiger partial charge in [-0.1, -0.05) is 40.3 Å². The monoisotopic (exact) mass is 294 g/mol. The first-order chi connectivity index (χ1) is 5.65. The fraction of sp³-hybridized carbons (Fsp3) is 0.222. The van der Waals surface area contributed by atoms with Crippen LogP contribution in [0.5, 0.6) is 0 Å². The summed E-state index contributed by atoms with van der Waals surface area (Å²) < 4.78 is 0.912. The highest BCUT2D eigenvalue weighted by molar-refractivity contribution is 14.1. The lowest BCUT2D eigenvalue weighted by Gasteiger charge is -2.01. The lowest BCUT2D eigenvalue weighted by atomic mass is 10.1. The Kier molecular flexibility index (Phi) is 3.53. The molecule has 0 aliphatic carbocycles. The average Bonchev–Trinajstić information content (AvgIpc) is 2.03. The van der Waals surface area contributed by atoms with E-state index in [1.807, 2.05) is 12.1 Å². The zero-order valence-corrected chi connectivity index (χ0v) is 9.52. The lowest BCUT2D eigenvalue weighted by molar-refractivity contribution is 0.101. The van der Waals surface area contributed by atoms with Crippen molar-refractivity contribution in [2.45, 2.75) is 11.4 Å². The fourth-order valence-electron chi connectivity index (χ4n) is 0.927. The van der Waals surface area contributed by atoms with Gasteiger partial charge in [-0.25, -0.2) is 0 Å². The lowest BCUT2D eigenvalue weighted by Crippen LogP contribution is -1.93. The third-order valence-corrected chi connectivity index (χ3v) is 2.76. The Balaban J connectivity index is 3.12. The Hall–Kier alpha value is -0.0900. The quantitative estimate of drug-likeness (QED) is 0.464. The molecule has 1 nitrogen and oxygen atoms in total. The summed E-state index contributed by atoms with van der Waals surface area (Å²) in [6, 6.07) is 5.54. The van der Waals surface area contributed by atoms with E-state index in [1.165, 1.54) is 6.92 Å². The van der Waals surface area contributed by atoms with Gasteiger partial charge in [0.2, 0.25) is 0 Å². The van der Waals surface area contributed by atoms with E-state index in [2.05, 4.69) is 22.6 Å². The van der Waals surface area contributed by atoms with Gasteiger partial charge in [-0.05, 0) is 24.6 Å². The van der Waals surface area contributed by atoms with Crippen molar-refractivity contribution >= 4 is 40.0 Å². The minimum Gasteiger partial charge on any atom is -0.294 e. The second-order valence-corrected chi connectivity index (χ2v) is 3.67. The van der Waals surface area contributed by atoms with Crippen molar-refractivity contribution in [2.24, 2.45) is 0 Å². The van der Waals surface area contributed by atoms with Gasteiger partial charge in [0.15, 0.2) is 5.78 Å². The van der Waals surface area contributed by atoms with E-state index >= 15 is 0 Å². The maximum atomic E-state index is 11.0. The van der Waals surface area contributed by atoms with Crippen LogP contribution in [0.2, 0.25) is 5.02 Å². The number of hydrogen-bond acceptors (Lipinski definition) is 1. The normalized spacial score (nSPS) is 9.92. The molecule has 0 saturated heterocycles. The molecule has 0 fully saturated rings. The topological polar surface area (TPSA) is 17.1 Å². The van der Waals surface area contributed by atoms with Crippen LogP contribution in [0, 0.1) is 0 Å². The summed E-state index contributed by atoms with van der Waals surface area (Å²) in [6.07, 6.45) is 0. The number of Topliss-reactive ketones (excluding diaryl/α,β-unsaturated/α-hetero) is 1. The van der Waals surface area contributed by atoms with E-state index in [0.717, 1.165) is 9.99 Å². The molecule has 0 spiro atoms. The molecule has 0 unspecified atom stereocenters. The van der Waals surface area contributed by atoms with Gasteiger partial charge in [0.05, 0.1) is 5.02 Å². The minimum atomic E-state index is 0.0139. The maximum Gasteiger partial charge on any atom is 0.161 e. The predicted octanol–water partition coefficient (Wildman–Crippen LogP) is 3.48. The van der Waals surface area contributed by atoms with Gasteiger partial charge in [-0.2, -0.15) is 0 Å². The van der Waals surface area contributed by atoms with Gasteiger partial charge in [-0.15, -0.1) is 0 Å². The van der Waals surface area contributed by atoms with Crippen molar-refractivity contribution < 1.29 is 4.79 Å². The standard InChI is InChI=1S/C9H8ClIO/c1-6(12)8-3-2-7(5-11)4-9(8)10/h2-4H,5H2,1H3. The number of hydrogen-bond donors (Lipinski definition) is 0. The largest absolute Gasteiger partial charge is 0.294 e. The predicted molar refractivity (Wildman–Crippen MR) is 59.2 cm³/mol. The Morgan fingerprint density at radius 3 is 2.67 bits per heavy atom. The van der Waals surface area contributed by atoms with Gasteiger partial charge in [0, 0.05) is 9.99 Å². The highest BCUT2D eigenvalue weighted by Gasteiger charge is 2.04. The van der Waals surface area contributed by atoms with E-state index in [9.17, 15) is 4.79 Å². The number of benzene rings is 1. The Labute approximate surface area is 90.3 Å². The molecular weight excluding hydrogens is 286 g/mol. The summed E-state index contributed by atoms with van der Waals surface area (Å²) in [5.41, 5.74) is 1.75. The highest BCUT2D eigenvalue weighted by atomic mass is 127. The maximum absolute atomic E-state index is 11.0. The van der Waals surface area contributed by atoms with Gasteiger partial charge < -0.3 is 0 Å². The fourth-order valence-corrected chi connectivity index (χ4v) is 1.74. The number of ketones is 1. The summed E-state index contributed by atoms with van der Waals surface area (Å²) in [6.45, 7) is 1.52. The molecule has 0 aliphatic heterocycles. The van der Waals surface area contributed by atoms with Crippen LogP contribution < -0.4 is 0 Å². The van der Waals surface area contributed by atoms with Crippen molar-refractivity contribution in [3.8, 4) is 0 Å². The summed E-state index contributed by atoms with van der Waals surface area (Å²) >= 11 is 8.13. The molecule has 0 heterocycles. The first kappa shape index (κ1) is 9.99. The van der Waals surface area contributed by atoms with Gasteiger partial charge >= 0.3 is 0 Å². The van der Waals surface area contributed by atoms with Crippen LogP contribution >= 0.6 is 34.2 Å². The minimum absolute atomic E-state index is 0.0139. The molecule has 1 rings (SSSR count). The average molecular weight is 295 g/mol. The molecule has 0 amide bonds. The smallest absolute Gasteiger partial charge is 0.161 e. The van der Waals surface area contributed by atoms with Crippen molar-refractivity contribution in [1.82, 2.24) is 0 Å². The molecule has 0 bridgehead atoms. The number of alkyl halides is 1. The molecule has 0 saturated carbocycles. The van der Waals surface area contributed by atoms with E-state index < -0.39 is 0 Å². The van der Waals surface area contributed by atoms with Gasteiger partial charge in [-0.3, -0.25) is 4.79 Å². The molecule has 0 atom stereocenters. The zero-order valence-electron chi connectivity index (χ0n) is 6.60. The third kappa shape index (κ3) is 2.20. The van der Waals surface area contributed by atoms with Gasteiger partial charge in [0.1, 0.15) is 0 Å². The second-order valence-electron chi connectivity index (χ2n) is 2.50. The molecule has 1 aromatic rings. The van der Waals surface area contributed by atoms with Crippen LogP contribution in [-0.2, 0) is 4.43 Å². The van der Waals surface area contributed by atoms with Crippen LogP contribution in [0.25, 0.3) is 0 Å². The summed E-state index contributed by atoms with van der Waals surface area (Å²) in [5, 5.41) is 0.552. The zero-order chi connectivity index (χ0) is 9.14. The molecule has 0 aliphatic rings. The Morgan fingerprint density at radius 2 is 2.25 bits per heavy atom. The first-order valence-corrected chi connectivity index (χ1v) is 5.41. The number of carbonyl (C=O) groups is 1. The van der Waals surface area contributed by atoms with Crippen molar-refractivity contribution in [3.63, 3.8) is 0 Å². The van der Waals surface area contributed by atoms with Crippen LogP contribution in [0.3, 0.4) is 0 Å². The van der Waals surface area contributed by atoms with E-state index in [0.29, 0.717) is 10.6 Å². The summed E-state index contributed by atoms with van der Waals surface area (Å²) in [7, 11) is 0. The molecule has 0 radical (unpaired) electrons. The van der Waals surface area contributed by atoms with Crippen molar-refractivity contribution in [1.29, 1.82) is 0 Å². The molecule has 0 aromatic heterocycles. The number of rotatable bonds is 2. The van der Waals surface area contributed by atoms with Crippen LogP contribution in [-0.4, -0.2) is 5.78 Å². The Morgan fingerprint density at radius 1 is 1.58 bits per heavy atom. The summed E-state index contributed by atoms with van der Waals surface area (Å²) in [5.74, 6) is 0.0139. The molecule has 12 heavy (non-hydrogen) atoms. The van der Waals surface area contributed by atoms with Crippen LogP contribution in [0.15, 0.2) is 18.2 Å². The van der Waals surface area contributed by atoms with E-state index in [1.54, 1.807) is 6.07 Å². The molecule has 0 N–H and O–H groups in total. The number of halogens is 2. The molecule has 1 aromatic carbocycles. The third-order valence-electron chi connectivity index (χ3n) is 1.57. The Bertz CT molecular complexity index is 309. The SMILES string of the molecule is CC(=O)c1ccc(CI)cc1Cl. The van der Waals surface area contributed by atoms with E-state index in [-0.39, 0.29) is 5.78 Å². The van der Waals surface area contributed by atoms with Crippen LogP contribution in [0.4, 0.5) is 0 Å². The summed E-state index contributed by atoms with van der Waals surface area (Å²) in [4.78, 5) is 11.0. The van der Waals surface area contributed by atoms with E-state index in [4.69, 9.17) is 11.6 Å². The number of carbonyl (C=O) groups excluding carboxylic acids is 1. The second kappa shape index (κ2) is 4.23. The highest BCUT2D eigenvalue weighted by Crippen LogP contribution is 2.19.